The van der Waals surface area contributed by atoms with Gasteiger partial charge in [0.15, 0.2) is 9.84 Å². The molecule has 0 spiro atoms. The Bertz CT molecular complexity index is 919. The molecule has 1 fully saturated rings. The molecule has 1 aliphatic rings. The van der Waals surface area contributed by atoms with Crippen molar-refractivity contribution in [3.05, 3.63) is 23.3 Å². The largest absolute Gasteiger partial charge is 0.326 e. The number of anilines is 1. The van der Waals surface area contributed by atoms with Crippen molar-refractivity contribution in [3.63, 3.8) is 0 Å². The van der Waals surface area contributed by atoms with Crippen molar-refractivity contribution >= 4 is 31.5 Å². The molecule has 1 heterocycles. The van der Waals surface area contributed by atoms with Gasteiger partial charge in [-0.25, -0.2) is 16.8 Å². The number of nitrogens with zero attached hydrogens (tertiary/aromatic N) is 1. The van der Waals surface area contributed by atoms with Gasteiger partial charge in [0.25, 0.3) is 0 Å². The molecule has 1 aromatic carbocycles. The summed E-state index contributed by atoms with van der Waals surface area (Å²) in [5.74, 6) is -0.314. The molecule has 1 aromatic rings. The van der Waals surface area contributed by atoms with Crippen LogP contribution in [-0.4, -0.2) is 51.6 Å². The average molecular weight is 417 g/mol. The fourth-order valence-corrected chi connectivity index (χ4v) is 6.75. The second-order valence-electron chi connectivity index (χ2n) is 7.02. The minimum Gasteiger partial charge on any atom is -0.326 e. The van der Waals surface area contributed by atoms with Crippen LogP contribution in [0.15, 0.2) is 17.0 Å². The molecule has 1 aliphatic heterocycles. The lowest BCUT2D eigenvalue weighted by Gasteiger charge is -2.20. The van der Waals surface area contributed by atoms with Gasteiger partial charge in [-0.3, -0.25) is 4.79 Å². The molecule has 0 bridgehead atoms. The first kappa shape index (κ1) is 21.8. The number of amides is 1. The number of sulfone groups is 1. The summed E-state index contributed by atoms with van der Waals surface area (Å²) in [6, 6.07) is 3.10. The van der Waals surface area contributed by atoms with Crippen LogP contribution in [-0.2, 0) is 24.7 Å². The Morgan fingerprint density at radius 2 is 1.85 bits per heavy atom. The summed E-state index contributed by atoms with van der Waals surface area (Å²) < 4.78 is 50.1. The van der Waals surface area contributed by atoms with Crippen LogP contribution in [0.2, 0.25) is 0 Å². The Labute approximate surface area is 162 Å². The first-order valence-electron chi connectivity index (χ1n) is 9.11. The predicted octanol–water partition coefficient (Wildman–Crippen LogP) is 2.10. The van der Waals surface area contributed by atoms with E-state index in [1.807, 2.05) is 6.92 Å². The van der Waals surface area contributed by atoms with Gasteiger partial charge in [0, 0.05) is 25.2 Å². The smallest absolute Gasteiger partial charge is 0.243 e. The SMILES string of the molecule is CCN(CC)S(=O)(=O)c1cc(C)c(C)c(NC(=O)C[C@@H]2CCS(=O)(=O)C2)c1. The highest BCUT2D eigenvalue weighted by Crippen LogP contribution is 2.27. The maximum atomic E-state index is 12.8. The van der Waals surface area contributed by atoms with E-state index in [0.717, 1.165) is 11.1 Å². The number of aryl methyl sites for hydroxylation is 1. The van der Waals surface area contributed by atoms with Crippen molar-refractivity contribution in [2.75, 3.05) is 29.9 Å². The maximum Gasteiger partial charge on any atom is 0.243 e. The monoisotopic (exact) mass is 416 g/mol. The number of nitrogens with one attached hydrogen (secondary N) is 1. The van der Waals surface area contributed by atoms with E-state index in [0.29, 0.717) is 25.2 Å². The average Bonchev–Trinajstić information content (AvgIpc) is 2.90. The third kappa shape index (κ3) is 5.08. The Balaban J connectivity index is 2.24. The van der Waals surface area contributed by atoms with Crippen LogP contribution >= 0.6 is 0 Å². The molecular formula is C18H28N2O5S2. The molecule has 1 atom stereocenters. The van der Waals surface area contributed by atoms with Crippen LogP contribution < -0.4 is 5.32 Å². The molecule has 1 amide bonds. The lowest BCUT2D eigenvalue weighted by atomic mass is 10.0. The van der Waals surface area contributed by atoms with Crippen LogP contribution in [0, 0.1) is 19.8 Å². The highest BCUT2D eigenvalue weighted by molar-refractivity contribution is 7.91. The summed E-state index contributed by atoms with van der Waals surface area (Å²) in [5.41, 5.74) is 2.01. The molecule has 0 aliphatic carbocycles. The number of carbonyl (C=O) groups is 1. The van der Waals surface area contributed by atoms with Crippen molar-refractivity contribution in [1.29, 1.82) is 0 Å². The molecule has 9 heteroatoms. The van der Waals surface area contributed by atoms with Gasteiger partial charge in [0.05, 0.1) is 16.4 Å². The lowest BCUT2D eigenvalue weighted by Crippen LogP contribution is -2.30. The molecule has 152 valence electrons. The van der Waals surface area contributed by atoms with Crippen LogP contribution in [0.1, 0.15) is 37.8 Å². The van der Waals surface area contributed by atoms with Crippen molar-refractivity contribution in [2.24, 2.45) is 5.92 Å². The zero-order valence-corrected chi connectivity index (χ0v) is 17.9. The third-order valence-electron chi connectivity index (χ3n) is 5.06. The van der Waals surface area contributed by atoms with E-state index >= 15 is 0 Å². The van der Waals surface area contributed by atoms with Crippen LogP contribution in [0.3, 0.4) is 0 Å². The molecule has 0 unspecified atom stereocenters. The second kappa shape index (κ2) is 8.28. The molecule has 1 saturated heterocycles. The van der Waals surface area contributed by atoms with Gasteiger partial charge in [-0.15, -0.1) is 0 Å². The van der Waals surface area contributed by atoms with Gasteiger partial charge >= 0.3 is 0 Å². The fraction of sp³-hybridized carbons (Fsp3) is 0.611. The zero-order chi connectivity index (χ0) is 20.4. The van der Waals surface area contributed by atoms with Gasteiger partial charge in [-0.1, -0.05) is 13.8 Å². The van der Waals surface area contributed by atoms with E-state index in [2.05, 4.69) is 5.32 Å². The number of hydrogen-bond acceptors (Lipinski definition) is 5. The third-order valence-corrected chi connectivity index (χ3v) is 8.92. The van der Waals surface area contributed by atoms with Crippen LogP contribution in [0.4, 0.5) is 5.69 Å². The zero-order valence-electron chi connectivity index (χ0n) is 16.3. The molecule has 27 heavy (non-hydrogen) atoms. The Morgan fingerprint density at radius 3 is 2.37 bits per heavy atom. The van der Waals surface area contributed by atoms with E-state index < -0.39 is 19.9 Å². The van der Waals surface area contributed by atoms with Crippen molar-refractivity contribution < 1.29 is 21.6 Å². The summed E-state index contributed by atoms with van der Waals surface area (Å²) in [6.45, 7) is 7.91. The topological polar surface area (TPSA) is 101 Å². The molecule has 1 N–H and O–H groups in total. The van der Waals surface area contributed by atoms with Crippen LogP contribution in [0.25, 0.3) is 0 Å². The van der Waals surface area contributed by atoms with Crippen molar-refractivity contribution in [1.82, 2.24) is 4.31 Å². The minimum atomic E-state index is -3.63. The summed E-state index contributed by atoms with van der Waals surface area (Å²) in [4.78, 5) is 12.5. The number of hydrogen-bond donors (Lipinski definition) is 1. The Kier molecular flexibility index (Phi) is 6.70. The molecular weight excluding hydrogens is 388 g/mol. The summed E-state index contributed by atoms with van der Waals surface area (Å²) in [6.07, 6.45) is 0.606. The summed E-state index contributed by atoms with van der Waals surface area (Å²) in [7, 11) is -6.67. The lowest BCUT2D eigenvalue weighted by molar-refractivity contribution is -0.116. The second-order valence-corrected chi connectivity index (χ2v) is 11.2. The normalized spacial score (nSPS) is 19.4. The predicted molar refractivity (Wildman–Crippen MR) is 106 cm³/mol. The molecule has 0 radical (unpaired) electrons. The quantitative estimate of drug-likeness (QED) is 0.734. The molecule has 0 saturated carbocycles. The number of benzene rings is 1. The van der Waals surface area contributed by atoms with E-state index in [-0.39, 0.29) is 34.6 Å². The molecule has 7 nitrogen and oxygen atoms in total. The molecule has 2 rings (SSSR count). The Morgan fingerprint density at radius 1 is 1.22 bits per heavy atom. The van der Waals surface area contributed by atoms with Gasteiger partial charge in [0.2, 0.25) is 15.9 Å². The van der Waals surface area contributed by atoms with Crippen molar-refractivity contribution in [3.8, 4) is 0 Å². The minimum absolute atomic E-state index is 0.0365. The Hall–Kier alpha value is -1.45. The van der Waals surface area contributed by atoms with E-state index in [1.165, 1.54) is 10.4 Å². The van der Waals surface area contributed by atoms with E-state index in [4.69, 9.17) is 0 Å². The van der Waals surface area contributed by atoms with Gasteiger partial charge < -0.3 is 5.32 Å². The fourth-order valence-electron chi connectivity index (χ4n) is 3.31. The van der Waals surface area contributed by atoms with Gasteiger partial charge in [-0.05, 0) is 49.4 Å². The summed E-state index contributed by atoms with van der Waals surface area (Å²) >= 11 is 0. The number of sulfonamides is 1. The highest BCUT2D eigenvalue weighted by Gasteiger charge is 2.30. The van der Waals surface area contributed by atoms with Gasteiger partial charge in [0.1, 0.15) is 0 Å². The standard InChI is InChI=1S/C18H28N2O5S2/c1-5-20(6-2)27(24,25)16-9-13(3)14(4)17(11-16)19-18(21)10-15-7-8-26(22,23)12-15/h9,11,15H,5-8,10,12H2,1-4H3,(H,19,21)/t15-/m0/s1. The highest BCUT2D eigenvalue weighted by atomic mass is 32.2. The van der Waals surface area contributed by atoms with Crippen molar-refractivity contribution in [2.45, 2.75) is 45.4 Å². The maximum absolute atomic E-state index is 12.8. The first-order valence-corrected chi connectivity index (χ1v) is 12.4. The van der Waals surface area contributed by atoms with E-state index in [9.17, 15) is 21.6 Å². The van der Waals surface area contributed by atoms with Gasteiger partial charge in [-0.2, -0.15) is 4.31 Å². The number of carbonyl (C=O) groups excluding carboxylic acids is 1. The summed E-state index contributed by atoms with van der Waals surface area (Å²) in [5, 5.41) is 2.78. The molecule has 0 aromatic heterocycles. The van der Waals surface area contributed by atoms with E-state index in [1.54, 1.807) is 26.8 Å². The number of rotatable bonds is 7. The first-order chi connectivity index (χ1) is 12.5. The van der Waals surface area contributed by atoms with Crippen LogP contribution in [0.5, 0.6) is 0 Å².